The van der Waals surface area contributed by atoms with Crippen molar-refractivity contribution in [2.45, 2.75) is 39.3 Å². The second-order valence-electron chi connectivity index (χ2n) is 4.34. The molecular weight excluding hydrogens is 266 g/mol. The zero-order valence-electron chi connectivity index (χ0n) is 11.3. The van der Waals surface area contributed by atoms with Gasteiger partial charge < -0.3 is 15.3 Å². The number of carboxylic acids is 1. The lowest BCUT2D eigenvalue weighted by Gasteiger charge is -2.24. The highest BCUT2D eigenvalue weighted by Crippen LogP contribution is 2.10. The minimum absolute atomic E-state index is 0.0157. The van der Waals surface area contributed by atoms with Gasteiger partial charge >= 0.3 is 12.0 Å². The molecule has 0 saturated carbocycles. The van der Waals surface area contributed by atoms with Gasteiger partial charge in [-0.15, -0.1) is 11.3 Å². The summed E-state index contributed by atoms with van der Waals surface area (Å²) in [6.45, 7) is 4.32. The topological polar surface area (TPSA) is 82.5 Å². The number of carboxylic acid groups (broad SMARTS) is 1. The molecule has 106 valence electrons. The van der Waals surface area contributed by atoms with Crippen molar-refractivity contribution in [1.82, 2.24) is 15.2 Å². The zero-order chi connectivity index (χ0) is 14.4. The van der Waals surface area contributed by atoms with Gasteiger partial charge in [0.15, 0.2) is 5.69 Å². The maximum atomic E-state index is 11.8. The predicted octanol–water partition coefficient (Wildman–Crippen LogP) is 2.17. The summed E-state index contributed by atoms with van der Waals surface area (Å²) in [6, 6.07) is 0.00361. The summed E-state index contributed by atoms with van der Waals surface area (Å²) >= 11 is 1.23. The second-order valence-corrected chi connectivity index (χ2v) is 5.28. The molecule has 2 amide bonds. The minimum atomic E-state index is -1.05. The molecule has 6 nitrogen and oxygen atoms in total. The lowest BCUT2D eigenvalue weighted by molar-refractivity contribution is 0.0691. The number of urea groups is 1. The first-order valence-electron chi connectivity index (χ1n) is 6.14. The number of aromatic nitrogens is 1. The van der Waals surface area contributed by atoms with E-state index in [9.17, 15) is 9.59 Å². The van der Waals surface area contributed by atoms with Crippen LogP contribution in [-0.2, 0) is 6.54 Å². The van der Waals surface area contributed by atoms with Crippen LogP contribution < -0.4 is 5.32 Å². The van der Waals surface area contributed by atoms with Gasteiger partial charge in [0.25, 0.3) is 0 Å². The molecule has 0 aliphatic rings. The maximum Gasteiger partial charge on any atom is 0.355 e. The molecule has 0 saturated heterocycles. The summed E-state index contributed by atoms with van der Waals surface area (Å²) in [7, 11) is 1.75. The fraction of sp³-hybridized carbons (Fsp3) is 0.583. The molecule has 2 N–H and O–H groups in total. The van der Waals surface area contributed by atoms with E-state index in [-0.39, 0.29) is 24.3 Å². The van der Waals surface area contributed by atoms with Gasteiger partial charge in [0.05, 0.1) is 6.54 Å². The molecule has 0 aliphatic carbocycles. The van der Waals surface area contributed by atoms with Crippen molar-refractivity contribution >= 4 is 23.3 Å². The number of nitrogens with zero attached hydrogens (tertiary/aromatic N) is 2. The molecule has 1 heterocycles. The average Bonchev–Trinajstić information content (AvgIpc) is 2.84. The minimum Gasteiger partial charge on any atom is -0.476 e. The van der Waals surface area contributed by atoms with Crippen molar-refractivity contribution in [2.24, 2.45) is 0 Å². The molecule has 1 unspecified atom stereocenters. The van der Waals surface area contributed by atoms with Crippen LogP contribution in [0, 0.1) is 0 Å². The summed E-state index contributed by atoms with van der Waals surface area (Å²) < 4.78 is 0. The first-order valence-corrected chi connectivity index (χ1v) is 7.02. The van der Waals surface area contributed by atoms with Gasteiger partial charge in [0.2, 0.25) is 0 Å². The predicted molar refractivity (Wildman–Crippen MR) is 73.4 cm³/mol. The normalized spacial score (nSPS) is 11.9. The number of amides is 2. The van der Waals surface area contributed by atoms with Crippen LogP contribution in [0.4, 0.5) is 4.79 Å². The van der Waals surface area contributed by atoms with E-state index in [2.05, 4.69) is 17.2 Å². The summed E-state index contributed by atoms with van der Waals surface area (Å²) in [5, 5.41) is 13.5. The maximum absolute atomic E-state index is 11.8. The van der Waals surface area contributed by atoms with Crippen molar-refractivity contribution in [1.29, 1.82) is 0 Å². The van der Waals surface area contributed by atoms with E-state index in [1.54, 1.807) is 11.9 Å². The van der Waals surface area contributed by atoms with Gasteiger partial charge in [-0.3, -0.25) is 0 Å². The fourth-order valence-corrected chi connectivity index (χ4v) is 2.29. The van der Waals surface area contributed by atoms with Gasteiger partial charge in [-0.05, 0) is 13.3 Å². The third kappa shape index (κ3) is 4.51. The first kappa shape index (κ1) is 15.4. The van der Waals surface area contributed by atoms with Crippen molar-refractivity contribution in [3.63, 3.8) is 0 Å². The van der Waals surface area contributed by atoms with Crippen LogP contribution in [-0.4, -0.2) is 40.1 Å². The van der Waals surface area contributed by atoms with E-state index in [1.165, 1.54) is 16.7 Å². The highest BCUT2D eigenvalue weighted by atomic mass is 32.1. The molecule has 1 aromatic rings. The molecule has 19 heavy (non-hydrogen) atoms. The Bertz CT molecular complexity index is 447. The number of carbonyl (C=O) groups is 2. The van der Waals surface area contributed by atoms with Crippen LogP contribution in [0.3, 0.4) is 0 Å². The third-order valence-corrected chi connectivity index (χ3v) is 3.70. The van der Waals surface area contributed by atoms with Crippen LogP contribution in [0.5, 0.6) is 0 Å². The van der Waals surface area contributed by atoms with Crippen LogP contribution >= 0.6 is 11.3 Å². The molecule has 0 fully saturated rings. The van der Waals surface area contributed by atoms with E-state index >= 15 is 0 Å². The third-order valence-electron chi connectivity index (χ3n) is 2.85. The molecule has 0 aliphatic heterocycles. The van der Waals surface area contributed by atoms with Gasteiger partial charge in [-0.25, -0.2) is 14.6 Å². The molecule has 0 radical (unpaired) electrons. The monoisotopic (exact) mass is 285 g/mol. The molecule has 0 aromatic carbocycles. The van der Waals surface area contributed by atoms with E-state index < -0.39 is 5.97 Å². The van der Waals surface area contributed by atoms with Crippen molar-refractivity contribution in [2.75, 3.05) is 7.05 Å². The number of carbonyl (C=O) groups excluding carboxylic acids is 1. The van der Waals surface area contributed by atoms with E-state index in [0.717, 1.165) is 12.8 Å². The Morgan fingerprint density at radius 3 is 2.79 bits per heavy atom. The van der Waals surface area contributed by atoms with Crippen molar-refractivity contribution in [3.05, 3.63) is 16.1 Å². The lowest BCUT2D eigenvalue weighted by atomic mass is 10.2. The Morgan fingerprint density at radius 1 is 1.58 bits per heavy atom. The fourth-order valence-electron chi connectivity index (χ4n) is 1.58. The van der Waals surface area contributed by atoms with Crippen LogP contribution in [0.1, 0.15) is 42.2 Å². The van der Waals surface area contributed by atoms with E-state index in [4.69, 9.17) is 5.11 Å². The van der Waals surface area contributed by atoms with Crippen LogP contribution in [0.2, 0.25) is 0 Å². The average molecular weight is 285 g/mol. The Labute approximate surface area is 116 Å². The largest absolute Gasteiger partial charge is 0.476 e. The molecular formula is C12H19N3O3S. The quantitative estimate of drug-likeness (QED) is 0.839. The van der Waals surface area contributed by atoms with E-state index in [1.807, 2.05) is 6.92 Å². The van der Waals surface area contributed by atoms with Crippen LogP contribution in [0.15, 0.2) is 5.38 Å². The number of hydrogen-bond acceptors (Lipinski definition) is 4. The SMILES string of the molecule is CCCC(C)N(C)C(=O)NCc1nc(C(=O)O)cs1. The highest BCUT2D eigenvalue weighted by Gasteiger charge is 2.15. The zero-order valence-corrected chi connectivity index (χ0v) is 12.2. The smallest absolute Gasteiger partial charge is 0.355 e. The van der Waals surface area contributed by atoms with Gasteiger partial charge in [0, 0.05) is 18.5 Å². The van der Waals surface area contributed by atoms with Crippen molar-refractivity contribution < 1.29 is 14.7 Å². The lowest BCUT2D eigenvalue weighted by Crippen LogP contribution is -2.42. The molecule has 7 heteroatoms. The Morgan fingerprint density at radius 2 is 2.26 bits per heavy atom. The summed E-state index contributed by atoms with van der Waals surface area (Å²) in [5.41, 5.74) is 0.0157. The molecule has 1 rings (SSSR count). The number of aromatic carboxylic acids is 1. The molecule has 0 bridgehead atoms. The molecule has 1 aromatic heterocycles. The van der Waals surface area contributed by atoms with Gasteiger partial charge in [0.1, 0.15) is 5.01 Å². The Balaban J connectivity index is 2.47. The summed E-state index contributed by atoms with van der Waals surface area (Å²) in [6.07, 6.45) is 1.97. The standard InChI is InChI=1S/C12H19N3O3S/c1-4-5-8(2)15(3)12(18)13-6-10-14-9(7-19-10)11(16)17/h7-8H,4-6H2,1-3H3,(H,13,18)(H,16,17). The Kier molecular flexibility index (Phi) is 5.75. The number of rotatable bonds is 6. The number of thiazole rings is 1. The summed E-state index contributed by atoms with van der Waals surface area (Å²) in [4.78, 5) is 28.1. The first-order chi connectivity index (χ1) is 8.95. The molecule has 0 spiro atoms. The molecule has 1 atom stereocenters. The van der Waals surface area contributed by atoms with E-state index in [0.29, 0.717) is 5.01 Å². The van der Waals surface area contributed by atoms with Crippen molar-refractivity contribution in [3.8, 4) is 0 Å². The highest BCUT2D eigenvalue weighted by molar-refractivity contribution is 7.09. The van der Waals surface area contributed by atoms with Crippen LogP contribution in [0.25, 0.3) is 0 Å². The Hall–Kier alpha value is -1.63. The number of hydrogen-bond donors (Lipinski definition) is 2. The van der Waals surface area contributed by atoms with Gasteiger partial charge in [-0.2, -0.15) is 0 Å². The second kappa shape index (κ2) is 7.08. The summed E-state index contributed by atoms with van der Waals surface area (Å²) in [5.74, 6) is -1.05. The van der Waals surface area contributed by atoms with Gasteiger partial charge in [-0.1, -0.05) is 13.3 Å². The number of nitrogens with one attached hydrogen (secondary N) is 1.